The second-order valence-corrected chi connectivity index (χ2v) is 14.7. The molecule has 0 heterocycles. The maximum absolute atomic E-state index is 13.5. The highest BCUT2D eigenvalue weighted by Crippen LogP contribution is 2.69. The fourth-order valence-corrected chi connectivity index (χ4v) is 10.7. The van der Waals surface area contributed by atoms with Crippen LogP contribution < -0.4 is 0 Å². The lowest BCUT2D eigenvalue weighted by atomic mass is 9.42. The van der Waals surface area contributed by atoms with E-state index in [0.29, 0.717) is 22.7 Å². The molecule has 202 valence electrons. The molecule has 0 radical (unpaired) electrons. The summed E-state index contributed by atoms with van der Waals surface area (Å²) in [5.74, 6) is 6.00. The van der Waals surface area contributed by atoms with Gasteiger partial charge in [-0.1, -0.05) is 66.0 Å². The predicted octanol–water partition coefficient (Wildman–Crippen LogP) is 9.08. The molecule has 36 heavy (non-hydrogen) atoms. The van der Waals surface area contributed by atoms with Crippen molar-refractivity contribution in [3.05, 3.63) is 35.6 Å². The molecule has 4 saturated carbocycles. The zero-order valence-corrected chi connectivity index (χ0v) is 23.8. The number of hydrogen-bond acceptors (Lipinski definition) is 1. The molecular formula is C34H53FO. The average Bonchev–Trinajstić information content (AvgIpc) is 3.19. The first-order valence-corrected chi connectivity index (χ1v) is 15.6. The fourth-order valence-electron chi connectivity index (χ4n) is 10.7. The van der Waals surface area contributed by atoms with E-state index in [-0.39, 0.29) is 11.9 Å². The van der Waals surface area contributed by atoms with Gasteiger partial charge in [-0.15, -0.1) is 0 Å². The SMILES string of the molecule is CC(C)CCC[C@@H](C)[C@H]1CC[C@H]2[C@@H]3CC[C@H]4[C@H](Cc5ccc(F)cc5)[C@H](O)CC[C@]4(C)[C@H]3CC[C@]12C. The minimum atomic E-state index is -0.207. The molecule has 4 aliphatic rings. The molecule has 0 amide bonds. The Balaban J connectivity index is 1.31. The summed E-state index contributed by atoms with van der Waals surface area (Å²) in [4.78, 5) is 0. The molecule has 1 N–H and O–H groups in total. The summed E-state index contributed by atoms with van der Waals surface area (Å²) >= 11 is 0. The van der Waals surface area contributed by atoms with Crippen molar-refractivity contribution in [2.24, 2.45) is 58.2 Å². The standard InChI is InChI=1S/C34H53FO/c1-22(2)7-6-8-23(3)28-15-16-29-26-13-14-30-27(21-24-9-11-25(35)12-10-24)32(36)18-20-34(30,5)31(26)17-19-33(28,29)4/h9-12,22-23,26-32,36H,6-8,13-21H2,1-5H3/t23-,26+,27+,28-,29+,30+,31+,32-,33-,34+/m1/s1. The molecule has 1 aromatic rings. The Morgan fingerprint density at radius 2 is 1.50 bits per heavy atom. The van der Waals surface area contributed by atoms with E-state index < -0.39 is 0 Å². The Morgan fingerprint density at radius 1 is 0.833 bits per heavy atom. The molecule has 4 aliphatic carbocycles. The first kappa shape index (κ1) is 26.7. The van der Waals surface area contributed by atoms with Crippen molar-refractivity contribution in [1.29, 1.82) is 0 Å². The van der Waals surface area contributed by atoms with Crippen LogP contribution in [0.1, 0.15) is 111 Å². The summed E-state index contributed by atoms with van der Waals surface area (Å²) in [6.45, 7) is 12.6. The van der Waals surface area contributed by atoms with Gasteiger partial charge in [0, 0.05) is 0 Å². The fraction of sp³-hybridized carbons (Fsp3) is 0.824. The number of aliphatic hydroxyl groups is 1. The first-order chi connectivity index (χ1) is 17.1. The quantitative estimate of drug-likeness (QED) is 0.399. The molecule has 0 aromatic heterocycles. The van der Waals surface area contributed by atoms with Crippen LogP contribution >= 0.6 is 0 Å². The van der Waals surface area contributed by atoms with Crippen LogP contribution in [-0.4, -0.2) is 11.2 Å². The van der Waals surface area contributed by atoms with Crippen molar-refractivity contribution < 1.29 is 9.50 Å². The predicted molar refractivity (Wildman–Crippen MR) is 148 cm³/mol. The first-order valence-electron chi connectivity index (χ1n) is 15.6. The van der Waals surface area contributed by atoms with Gasteiger partial charge in [-0.05, 0) is 134 Å². The van der Waals surface area contributed by atoms with E-state index in [0.717, 1.165) is 48.3 Å². The van der Waals surface area contributed by atoms with Gasteiger partial charge in [0.25, 0.3) is 0 Å². The molecule has 0 spiro atoms. The molecule has 0 bridgehead atoms. The molecule has 2 heteroatoms. The van der Waals surface area contributed by atoms with Gasteiger partial charge in [-0.25, -0.2) is 4.39 Å². The maximum atomic E-state index is 13.5. The Morgan fingerprint density at radius 3 is 2.22 bits per heavy atom. The summed E-state index contributed by atoms with van der Waals surface area (Å²) in [6, 6.07) is 7.05. The van der Waals surface area contributed by atoms with Crippen LogP contribution in [0.3, 0.4) is 0 Å². The third kappa shape index (κ3) is 4.71. The van der Waals surface area contributed by atoms with Gasteiger partial charge in [-0.3, -0.25) is 0 Å². The Bertz CT molecular complexity index is 878. The van der Waals surface area contributed by atoms with Crippen molar-refractivity contribution in [3.63, 3.8) is 0 Å². The largest absolute Gasteiger partial charge is 0.393 e. The van der Waals surface area contributed by atoms with Crippen molar-refractivity contribution >= 4 is 0 Å². The molecule has 0 unspecified atom stereocenters. The van der Waals surface area contributed by atoms with E-state index in [9.17, 15) is 9.50 Å². The van der Waals surface area contributed by atoms with Crippen LogP contribution in [0.5, 0.6) is 0 Å². The molecule has 0 saturated heterocycles. The van der Waals surface area contributed by atoms with Crippen LogP contribution in [-0.2, 0) is 6.42 Å². The lowest BCUT2D eigenvalue weighted by Gasteiger charge is -2.63. The van der Waals surface area contributed by atoms with Gasteiger partial charge in [-0.2, -0.15) is 0 Å². The van der Waals surface area contributed by atoms with Gasteiger partial charge < -0.3 is 5.11 Å². The van der Waals surface area contributed by atoms with Gasteiger partial charge in [0.2, 0.25) is 0 Å². The number of benzene rings is 1. The second-order valence-electron chi connectivity index (χ2n) is 14.7. The van der Waals surface area contributed by atoms with Crippen LogP contribution in [0.25, 0.3) is 0 Å². The third-order valence-corrected chi connectivity index (χ3v) is 12.5. The van der Waals surface area contributed by atoms with Crippen molar-refractivity contribution in [1.82, 2.24) is 0 Å². The highest BCUT2D eigenvalue weighted by atomic mass is 19.1. The molecule has 0 aliphatic heterocycles. The highest BCUT2D eigenvalue weighted by Gasteiger charge is 2.61. The zero-order valence-electron chi connectivity index (χ0n) is 23.8. The Hall–Kier alpha value is -0.890. The van der Waals surface area contributed by atoms with Gasteiger partial charge in [0.1, 0.15) is 5.82 Å². The van der Waals surface area contributed by atoms with E-state index in [2.05, 4.69) is 34.6 Å². The summed E-state index contributed by atoms with van der Waals surface area (Å²) in [7, 11) is 0. The number of halogens is 1. The van der Waals surface area contributed by atoms with E-state index in [1.54, 1.807) is 12.1 Å². The van der Waals surface area contributed by atoms with Crippen LogP contribution in [0.2, 0.25) is 0 Å². The summed E-state index contributed by atoms with van der Waals surface area (Å²) in [5, 5.41) is 11.2. The van der Waals surface area contributed by atoms with E-state index in [1.807, 2.05) is 12.1 Å². The highest BCUT2D eigenvalue weighted by molar-refractivity contribution is 5.19. The Labute approximate surface area is 221 Å². The normalized spacial score (nSPS) is 43.1. The molecule has 5 rings (SSSR count). The van der Waals surface area contributed by atoms with Gasteiger partial charge in [0.15, 0.2) is 0 Å². The van der Waals surface area contributed by atoms with Crippen molar-refractivity contribution in [3.8, 4) is 0 Å². The lowest BCUT2D eigenvalue weighted by Crippen LogP contribution is -2.57. The summed E-state index contributed by atoms with van der Waals surface area (Å²) < 4.78 is 13.5. The summed E-state index contributed by atoms with van der Waals surface area (Å²) in [6.07, 6.45) is 15.4. The van der Waals surface area contributed by atoms with Crippen LogP contribution in [0.15, 0.2) is 24.3 Å². The van der Waals surface area contributed by atoms with Gasteiger partial charge in [0.05, 0.1) is 6.10 Å². The zero-order chi connectivity index (χ0) is 25.7. The van der Waals surface area contributed by atoms with Gasteiger partial charge >= 0.3 is 0 Å². The van der Waals surface area contributed by atoms with E-state index in [4.69, 9.17) is 0 Å². The maximum Gasteiger partial charge on any atom is 0.123 e. The monoisotopic (exact) mass is 496 g/mol. The van der Waals surface area contributed by atoms with Crippen molar-refractivity contribution in [2.45, 2.75) is 118 Å². The number of hydrogen-bond donors (Lipinski definition) is 1. The van der Waals surface area contributed by atoms with Crippen LogP contribution in [0, 0.1) is 64.0 Å². The molecular weight excluding hydrogens is 443 g/mol. The molecule has 1 nitrogen and oxygen atoms in total. The molecule has 1 aromatic carbocycles. The third-order valence-electron chi connectivity index (χ3n) is 12.5. The van der Waals surface area contributed by atoms with E-state index >= 15 is 0 Å². The van der Waals surface area contributed by atoms with E-state index in [1.165, 1.54) is 69.8 Å². The molecule has 4 fully saturated rings. The smallest absolute Gasteiger partial charge is 0.123 e. The lowest BCUT2D eigenvalue weighted by molar-refractivity contribution is -0.152. The topological polar surface area (TPSA) is 20.2 Å². The molecule has 10 atom stereocenters. The number of fused-ring (bicyclic) bond motifs is 5. The average molecular weight is 497 g/mol. The second kappa shape index (κ2) is 10.3. The van der Waals surface area contributed by atoms with Crippen molar-refractivity contribution in [2.75, 3.05) is 0 Å². The number of rotatable bonds is 7. The minimum Gasteiger partial charge on any atom is -0.393 e. The Kier molecular flexibility index (Phi) is 7.68. The minimum absolute atomic E-state index is 0.164. The van der Waals surface area contributed by atoms with Crippen LogP contribution in [0.4, 0.5) is 4.39 Å². The summed E-state index contributed by atoms with van der Waals surface area (Å²) in [5.41, 5.74) is 2.09. The number of aliphatic hydroxyl groups excluding tert-OH is 1.